The molecule has 10 heteroatoms. The van der Waals surface area contributed by atoms with Gasteiger partial charge in [0.15, 0.2) is 0 Å². The molecule has 0 N–H and O–H groups in total. The molecule has 164 valence electrons. The van der Waals surface area contributed by atoms with E-state index in [9.17, 15) is 17.7 Å². The summed E-state index contributed by atoms with van der Waals surface area (Å²) in [6, 6.07) is 10.8. The van der Waals surface area contributed by atoms with Crippen LogP contribution >= 0.6 is 7.60 Å². The maximum Gasteiger partial charge on any atom is 0.416 e. The smallest absolute Gasteiger partial charge is 0.416 e. The summed E-state index contributed by atoms with van der Waals surface area (Å²) in [4.78, 5) is 8.41. The fraction of sp³-hybridized carbons (Fsp3) is 0.238. The SMILES string of the molecule is CCOP(=O)(OCC)c1ccc(-c2nccnc2Oc2ccc(C(F)(F)F)cc2)cc1. The van der Waals surface area contributed by atoms with Crippen LogP contribution in [-0.2, 0) is 19.8 Å². The third-order valence-corrected chi connectivity index (χ3v) is 6.24. The van der Waals surface area contributed by atoms with Gasteiger partial charge in [-0.25, -0.2) is 9.97 Å². The Kier molecular flexibility index (Phi) is 7.10. The summed E-state index contributed by atoms with van der Waals surface area (Å²) in [5, 5.41) is 0.397. The Morgan fingerprint density at radius 2 is 1.45 bits per heavy atom. The van der Waals surface area contributed by atoms with Gasteiger partial charge in [0, 0.05) is 18.0 Å². The number of aromatic nitrogens is 2. The van der Waals surface area contributed by atoms with E-state index < -0.39 is 19.3 Å². The number of hydrogen-bond acceptors (Lipinski definition) is 6. The molecule has 1 heterocycles. The van der Waals surface area contributed by atoms with Crippen LogP contribution in [0.2, 0.25) is 0 Å². The maximum atomic E-state index is 12.9. The van der Waals surface area contributed by atoms with Crippen molar-refractivity contribution in [2.75, 3.05) is 13.2 Å². The molecule has 0 aliphatic heterocycles. The van der Waals surface area contributed by atoms with Crippen molar-refractivity contribution in [2.24, 2.45) is 0 Å². The first kappa shape index (κ1) is 22.9. The molecule has 0 aliphatic carbocycles. The van der Waals surface area contributed by atoms with Gasteiger partial charge in [0.25, 0.3) is 0 Å². The molecule has 0 aliphatic rings. The summed E-state index contributed by atoms with van der Waals surface area (Å²) < 4.78 is 67.5. The van der Waals surface area contributed by atoms with Gasteiger partial charge < -0.3 is 13.8 Å². The highest BCUT2D eigenvalue weighted by Crippen LogP contribution is 2.47. The lowest BCUT2D eigenvalue weighted by atomic mass is 10.1. The lowest BCUT2D eigenvalue weighted by molar-refractivity contribution is -0.137. The minimum Gasteiger partial charge on any atom is -0.437 e. The highest BCUT2D eigenvalue weighted by molar-refractivity contribution is 7.62. The predicted molar refractivity (Wildman–Crippen MR) is 109 cm³/mol. The van der Waals surface area contributed by atoms with E-state index in [0.717, 1.165) is 12.1 Å². The standard InChI is InChI=1S/C21H20F3N2O4P/c1-3-28-31(27,29-4-2)18-11-5-15(6-12-18)19-20(26-14-13-25-19)30-17-9-7-16(8-10-17)21(22,23)24/h5-14H,3-4H2,1-2H3. The maximum absolute atomic E-state index is 12.9. The minimum atomic E-state index is -4.43. The van der Waals surface area contributed by atoms with Crippen LogP contribution in [0.25, 0.3) is 11.3 Å². The second-order valence-corrected chi connectivity index (χ2v) is 8.24. The summed E-state index contributed by atoms with van der Waals surface area (Å²) in [5.41, 5.74) is 0.206. The van der Waals surface area contributed by atoms with Crippen molar-refractivity contribution in [1.29, 1.82) is 0 Å². The van der Waals surface area contributed by atoms with Gasteiger partial charge >= 0.3 is 13.8 Å². The fourth-order valence-corrected chi connectivity index (χ4v) is 4.32. The number of rotatable bonds is 8. The monoisotopic (exact) mass is 452 g/mol. The Morgan fingerprint density at radius 3 is 2.00 bits per heavy atom. The number of halogens is 3. The molecule has 2 aromatic carbocycles. The summed E-state index contributed by atoms with van der Waals surface area (Å²) >= 11 is 0. The van der Waals surface area contributed by atoms with E-state index in [4.69, 9.17) is 13.8 Å². The highest BCUT2D eigenvalue weighted by Gasteiger charge is 2.30. The van der Waals surface area contributed by atoms with Gasteiger partial charge in [0.05, 0.1) is 24.1 Å². The Hall–Kier alpha value is -2.74. The molecule has 0 radical (unpaired) electrons. The van der Waals surface area contributed by atoms with Crippen LogP contribution in [0.5, 0.6) is 11.6 Å². The molecule has 0 saturated carbocycles. The molecule has 0 saturated heterocycles. The van der Waals surface area contributed by atoms with Gasteiger partial charge in [-0.15, -0.1) is 0 Å². The fourth-order valence-electron chi connectivity index (χ4n) is 2.75. The zero-order chi connectivity index (χ0) is 22.5. The van der Waals surface area contributed by atoms with Crippen molar-refractivity contribution < 1.29 is 31.5 Å². The third kappa shape index (κ3) is 5.50. The van der Waals surface area contributed by atoms with E-state index in [1.54, 1.807) is 38.1 Å². The lowest BCUT2D eigenvalue weighted by Gasteiger charge is -2.17. The molecular weight excluding hydrogens is 432 g/mol. The van der Waals surface area contributed by atoms with Crippen LogP contribution in [-0.4, -0.2) is 23.2 Å². The topological polar surface area (TPSA) is 70.5 Å². The van der Waals surface area contributed by atoms with Crippen LogP contribution < -0.4 is 10.0 Å². The quantitative estimate of drug-likeness (QED) is 0.400. The van der Waals surface area contributed by atoms with Crippen LogP contribution in [0, 0.1) is 0 Å². The molecule has 0 amide bonds. The molecule has 1 aromatic heterocycles. The predicted octanol–water partition coefficient (Wildman–Crippen LogP) is 5.85. The van der Waals surface area contributed by atoms with Crippen molar-refractivity contribution in [3.05, 3.63) is 66.5 Å². The second kappa shape index (κ2) is 9.60. The van der Waals surface area contributed by atoms with Crippen molar-refractivity contribution in [1.82, 2.24) is 9.97 Å². The molecule has 3 rings (SSSR count). The van der Waals surface area contributed by atoms with E-state index in [0.29, 0.717) is 16.6 Å². The number of nitrogens with zero attached hydrogens (tertiary/aromatic N) is 2. The van der Waals surface area contributed by atoms with Gasteiger partial charge in [0.1, 0.15) is 11.4 Å². The Balaban J connectivity index is 1.87. The normalized spacial score (nSPS) is 12.0. The van der Waals surface area contributed by atoms with Crippen molar-refractivity contribution in [2.45, 2.75) is 20.0 Å². The largest absolute Gasteiger partial charge is 0.437 e. The van der Waals surface area contributed by atoms with Gasteiger partial charge in [-0.05, 0) is 50.2 Å². The second-order valence-electron chi connectivity index (χ2n) is 6.21. The molecule has 0 atom stereocenters. The van der Waals surface area contributed by atoms with Crippen LogP contribution in [0.4, 0.5) is 13.2 Å². The molecule has 0 fully saturated rings. The van der Waals surface area contributed by atoms with Crippen molar-refractivity contribution >= 4 is 12.9 Å². The van der Waals surface area contributed by atoms with Gasteiger partial charge in [-0.3, -0.25) is 4.57 Å². The Labute approximate surface area is 177 Å². The summed E-state index contributed by atoms with van der Waals surface area (Å²) in [6.07, 6.45) is -1.55. The first-order valence-corrected chi connectivity index (χ1v) is 11.0. The Bertz CT molecular complexity index is 1050. The van der Waals surface area contributed by atoms with Crippen molar-refractivity contribution in [3.8, 4) is 22.9 Å². The van der Waals surface area contributed by atoms with Gasteiger partial charge in [0.2, 0.25) is 5.88 Å². The molecule has 0 bridgehead atoms. The zero-order valence-corrected chi connectivity index (χ0v) is 17.7. The summed E-state index contributed by atoms with van der Waals surface area (Å²) in [5.74, 6) is 0.302. The number of hydrogen-bond donors (Lipinski definition) is 0. The molecule has 6 nitrogen and oxygen atoms in total. The molecule has 31 heavy (non-hydrogen) atoms. The average molecular weight is 452 g/mol. The first-order valence-electron chi connectivity index (χ1n) is 9.43. The van der Waals surface area contributed by atoms with E-state index in [2.05, 4.69) is 9.97 Å². The highest BCUT2D eigenvalue weighted by atomic mass is 31.2. The molecule has 3 aromatic rings. The summed E-state index contributed by atoms with van der Waals surface area (Å²) in [7, 11) is -3.43. The van der Waals surface area contributed by atoms with Gasteiger partial charge in [-0.1, -0.05) is 12.1 Å². The summed E-state index contributed by atoms with van der Waals surface area (Å²) in [6.45, 7) is 3.91. The number of ether oxygens (including phenoxy) is 1. The van der Waals surface area contributed by atoms with Crippen LogP contribution in [0.1, 0.15) is 19.4 Å². The van der Waals surface area contributed by atoms with E-state index >= 15 is 0 Å². The van der Waals surface area contributed by atoms with Gasteiger partial charge in [-0.2, -0.15) is 13.2 Å². The number of alkyl halides is 3. The van der Waals surface area contributed by atoms with Crippen LogP contribution in [0.15, 0.2) is 60.9 Å². The average Bonchev–Trinajstić information content (AvgIpc) is 2.74. The zero-order valence-electron chi connectivity index (χ0n) is 16.8. The van der Waals surface area contributed by atoms with E-state index in [1.807, 2.05) is 0 Å². The van der Waals surface area contributed by atoms with Crippen LogP contribution in [0.3, 0.4) is 0 Å². The van der Waals surface area contributed by atoms with E-state index in [1.165, 1.54) is 24.5 Å². The Morgan fingerprint density at radius 1 is 0.871 bits per heavy atom. The van der Waals surface area contributed by atoms with Crippen molar-refractivity contribution in [3.63, 3.8) is 0 Å². The number of benzene rings is 2. The third-order valence-electron chi connectivity index (χ3n) is 4.12. The molecule has 0 unspecified atom stereocenters. The minimum absolute atomic E-state index is 0.118. The lowest BCUT2D eigenvalue weighted by Crippen LogP contribution is -2.10. The molecule has 0 spiro atoms. The molecular formula is C21H20F3N2O4P. The first-order chi connectivity index (χ1) is 14.8. The van der Waals surface area contributed by atoms with E-state index in [-0.39, 0.29) is 24.8 Å².